The first kappa shape index (κ1) is 14.9. The Balaban J connectivity index is 2.38. The van der Waals surface area contributed by atoms with Crippen molar-refractivity contribution in [1.29, 1.82) is 0 Å². The van der Waals surface area contributed by atoms with Crippen LogP contribution in [0.5, 0.6) is 0 Å². The molecule has 0 radical (unpaired) electrons. The van der Waals surface area contributed by atoms with Crippen LogP contribution in [-0.2, 0) is 0 Å². The van der Waals surface area contributed by atoms with Crippen molar-refractivity contribution in [3.05, 3.63) is 0 Å². The largest absolute Gasteiger partial charge is 0.329 e. The van der Waals surface area contributed by atoms with Crippen molar-refractivity contribution in [1.82, 2.24) is 15.1 Å². The minimum atomic E-state index is 0.779. The zero-order valence-corrected chi connectivity index (χ0v) is 11.5. The highest BCUT2D eigenvalue weighted by molar-refractivity contribution is 4.67. The second-order valence-electron chi connectivity index (χ2n) is 4.93. The van der Waals surface area contributed by atoms with E-state index in [-0.39, 0.29) is 0 Å². The summed E-state index contributed by atoms with van der Waals surface area (Å²) >= 11 is 0. The predicted molar refractivity (Wildman–Crippen MR) is 74.3 cm³/mol. The number of hydrogen-bond acceptors (Lipinski definition) is 4. The van der Waals surface area contributed by atoms with Gasteiger partial charge in [0.2, 0.25) is 0 Å². The molecule has 1 aliphatic heterocycles. The molecule has 0 aliphatic carbocycles. The van der Waals surface area contributed by atoms with Gasteiger partial charge in [-0.3, -0.25) is 0 Å². The summed E-state index contributed by atoms with van der Waals surface area (Å²) < 4.78 is 0. The van der Waals surface area contributed by atoms with Gasteiger partial charge in [-0.2, -0.15) is 0 Å². The Morgan fingerprint density at radius 1 is 0.941 bits per heavy atom. The van der Waals surface area contributed by atoms with Crippen LogP contribution < -0.4 is 11.1 Å². The highest BCUT2D eigenvalue weighted by Gasteiger charge is 2.09. The number of rotatable bonds is 4. The van der Waals surface area contributed by atoms with Crippen molar-refractivity contribution in [2.45, 2.75) is 26.2 Å². The molecule has 0 aromatic rings. The summed E-state index contributed by atoms with van der Waals surface area (Å²) in [5, 5.41) is 3.52. The molecule has 3 N–H and O–H groups in total. The van der Waals surface area contributed by atoms with Crippen LogP contribution >= 0.6 is 0 Å². The number of nitrogens with one attached hydrogen (secondary N) is 1. The van der Waals surface area contributed by atoms with Gasteiger partial charge in [-0.1, -0.05) is 6.92 Å². The Kier molecular flexibility index (Phi) is 8.61. The maximum absolute atomic E-state index is 5.67. The van der Waals surface area contributed by atoms with E-state index < -0.39 is 0 Å². The molecule has 1 aliphatic rings. The summed E-state index contributed by atoms with van der Waals surface area (Å²) in [5.41, 5.74) is 5.67. The number of nitrogens with two attached hydrogens (primary N) is 1. The van der Waals surface area contributed by atoms with E-state index in [1.807, 2.05) is 0 Å². The molecule has 0 atom stereocenters. The lowest BCUT2D eigenvalue weighted by molar-refractivity contribution is 0.207. The minimum absolute atomic E-state index is 0.779. The summed E-state index contributed by atoms with van der Waals surface area (Å²) in [6.07, 6.45) is 3.77. The van der Waals surface area contributed by atoms with Crippen molar-refractivity contribution in [2.75, 3.05) is 58.9 Å². The third-order valence-corrected chi connectivity index (χ3v) is 3.37. The Morgan fingerprint density at radius 2 is 1.53 bits per heavy atom. The van der Waals surface area contributed by atoms with E-state index in [9.17, 15) is 0 Å². The summed E-state index contributed by atoms with van der Waals surface area (Å²) in [5.74, 6) is 0. The van der Waals surface area contributed by atoms with E-state index in [1.54, 1.807) is 0 Å². The van der Waals surface area contributed by atoms with Crippen LogP contribution in [0, 0.1) is 0 Å². The Morgan fingerprint density at radius 3 is 2.06 bits per heavy atom. The molecular weight excluding hydrogens is 212 g/mol. The quantitative estimate of drug-likeness (QED) is 0.746. The van der Waals surface area contributed by atoms with Crippen LogP contribution in [0.25, 0.3) is 0 Å². The standard InChI is InChI=1S/C13H30N4/c1-2-8-16-9-3-6-15-7-4-10-17(11-5-14)13-12-16/h15H,2-14H2,1H3. The SMILES string of the molecule is CCCN1CCCNCCCN(CCN)CC1. The van der Waals surface area contributed by atoms with E-state index in [4.69, 9.17) is 5.73 Å². The Bertz CT molecular complexity index is 157. The molecule has 1 fully saturated rings. The first-order valence-corrected chi connectivity index (χ1v) is 7.22. The van der Waals surface area contributed by atoms with Crippen molar-refractivity contribution in [3.8, 4) is 0 Å². The normalized spacial score (nSPS) is 22.2. The van der Waals surface area contributed by atoms with Crippen LogP contribution in [0.3, 0.4) is 0 Å². The fourth-order valence-corrected chi connectivity index (χ4v) is 2.43. The smallest absolute Gasteiger partial charge is 0.0110 e. The van der Waals surface area contributed by atoms with Gasteiger partial charge < -0.3 is 20.9 Å². The molecule has 1 saturated heterocycles. The van der Waals surface area contributed by atoms with Crippen LogP contribution in [0.15, 0.2) is 0 Å². The number of nitrogens with zero attached hydrogens (tertiary/aromatic N) is 2. The highest BCUT2D eigenvalue weighted by Crippen LogP contribution is 1.98. The van der Waals surface area contributed by atoms with Crippen molar-refractivity contribution < 1.29 is 0 Å². The second-order valence-corrected chi connectivity index (χ2v) is 4.93. The van der Waals surface area contributed by atoms with Gasteiger partial charge in [0.25, 0.3) is 0 Å². The molecular formula is C13H30N4. The third kappa shape index (κ3) is 6.99. The molecule has 1 rings (SSSR count). The van der Waals surface area contributed by atoms with Crippen LogP contribution in [0.1, 0.15) is 26.2 Å². The average Bonchev–Trinajstić information content (AvgIpc) is 2.37. The van der Waals surface area contributed by atoms with Gasteiger partial charge in [-0.05, 0) is 52.0 Å². The van der Waals surface area contributed by atoms with Crippen LogP contribution in [0.4, 0.5) is 0 Å². The van der Waals surface area contributed by atoms with E-state index in [0.29, 0.717) is 0 Å². The molecule has 0 aromatic carbocycles. The topological polar surface area (TPSA) is 44.5 Å². The lowest BCUT2D eigenvalue weighted by Gasteiger charge is -2.26. The van der Waals surface area contributed by atoms with Gasteiger partial charge in [0.05, 0.1) is 0 Å². The molecule has 0 spiro atoms. The molecule has 0 bridgehead atoms. The summed E-state index contributed by atoms with van der Waals surface area (Å²) in [6, 6.07) is 0. The first-order chi connectivity index (χ1) is 8.36. The summed E-state index contributed by atoms with van der Waals surface area (Å²) in [6.45, 7) is 12.4. The van der Waals surface area contributed by atoms with E-state index in [0.717, 1.165) is 26.2 Å². The lowest BCUT2D eigenvalue weighted by Crippen LogP contribution is -2.38. The fourth-order valence-electron chi connectivity index (χ4n) is 2.43. The molecule has 4 heteroatoms. The molecule has 0 aromatic heterocycles. The average molecular weight is 242 g/mol. The van der Waals surface area contributed by atoms with Crippen molar-refractivity contribution in [2.24, 2.45) is 5.73 Å². The Labute approximate surface area is 107 Å². The lowest BCUT2D eigenvalue weighted by atomic mass is 10.3. The third-order valence-electron chi connectivity index (χ3n) is 3.37. The maximum atomic E-state index is 5.67. The van der Waals surface area contributed by atoms with Gasteiger partial charge in [-0.25, -0.2) is 0 Å². The molecule has 0 amide bonds. The molecule has 17 heavy (non-hydrogen) atoms. The van der Waals surface area contributed by atoms with Gasteiger partial charge in [0.1, 0.15) is 0 Å². The molecule has 4 nitrogen and oxygen atoms in total. The van der Waals surface area contributed by atoms with Gasteiger partial charge in [0.15, 0.2) is 0 Å². The van der Waals surface area contributed by atoms with Crippen molar-refractivity contribution in [3.63, 3.8) is 0 Å². The molecule has 0 saturated carbocycles. The van der Waals surface area contributed by atoms with E-state index in [1.165, 1.54) is 52.0 Å². The summed E-state index contributed by atoms with van der Waals surface area (Å²) in [4.78, 5) is 5.10. The zero-order valence-electron chi connectivity index (χ0n) is 11.5. The van der Waals surface area contributed by atoms with E-state index in [2.05, 4.69) is 22.0 Å². The first-order valence-electron chi connectivity index (χ1n) is 7.22. The Hall–Kier alpha value is -0.160. The van der Waals surface area contributed by atoms with Crippen LogP contribution in [0.2, 0.25) is 0 Å². The summed E-state index contributed by atoms with van der Waals surface area (Å²) in [7, 11) is 0. The molecule has 0 unspecified atom stereocenters. The molecule has 1 heterocycles. The van der Waals surface area contributed by atoms with Crippen molar-refractivity contribution >= 4 is 0 Å². The van der Waals surface area contributed by atoms with Gasteiger partial charge in [-0.15, -0.1) is 0 Å². The van der Waals surface area contributed by atoms with E-state index >= 15 is 0 Å². The second kappa shape index (κ2) is 9.83. The fraction of sp³-hybridized carbons (Fsp3) is 1.00. The zero-order chi connectivity index (χ0) is 12.3. The molecule has 102 valence electrons. The predicted octanol–water partition coefficient (Wildman–Crippen LogP) is 0.343. The highest BCUT2D eigenvalue weighted by atomic mass is 15.2. The minimum Gasteiger partial charge on any atom is -0.329 e. The number of hydrogen-bond donors (Lipinski definition) is 2. The maximum Gasteiger partial charge on any atom is 0.0110 e. The van der Waals surface area contributed by atoms with Gasteiger partial charge in [0, 0.05) is 26.2 Å². The monoisotopic (exact) mass is 242 g/mol. The van der Waals surface area contributed by atoms with Gasteiger partial charge >= 0.3 is 0 Å². The van der Waals surface area contributed by atoms with Crippen LogP contribution in [-0.4, -0.2) is 68.7 Å².